The molecule has 0 bridgehead atoms. The van der Waals surface area contributed by atoms with E-state index in [0.29, 0.717) is 32.5 Å². The fraction of sp³-hybridized carbons (Fsp3) is 0.368. The lowest BCUT2D eigenvalue weighted by Gasteiger charge is -2.13. The quantitative estimate of drug-likeness (QED) is 0.519. The molecule has 1 aromatic carbocycles. The van der Waals surface area contributed by atoms with Gasteiger partial charge in [-0.3, -0.25) is 4.79 Å². The van der Waals surface area contributed by atoms with Crippen LogP contribution in [0.5, 0.6) is 0 Å². The Morgan fingerprint density at radius 2 is 2.21 bits per heavy atom. The summed E-state index contributed by atoms with van der Waals surface area (Å²) in [6.45, 7) is -0.121. The number of nitrogens with zero attached hydrogens (tertiary/aromatic N) is 4. The Balaban J connectivity index is 1.65. The number of aromatic nitrogens is 4. The molecule has 4 rings (SSSR count). The topological polar surface area (TPSA) is 105 Å². The zero-order valence-corrected chi connectivity index (χ0v) is 18.0. The fourth-order valence-electron chi connectivity index (χ4n) is 3.70. The summed E-state index contributed by atoms with van der Waals surface area (Å²) in [6.07, 6.45) is 4.19. The summed E-state index contributed by atoms with van der Waals surface area (Å²) < 4.78 is 2.28. The second-order valence-electron chi connectivity index (χ2n) is 7.07. The van der Waals surface area contributed by atoms with Gasteiger partial charge >= 0.3 is 0 Å². The molecular formula is C19H20BrClN6O2. The third-order valence-corrected chi connectivity index (χ3v) is 5.94. The van der Waals surface area contributed by atoms with Crippen LogP contribution in [0.3, 0.4) is 0 Å². The van der Waals surface area contributed by atoms with Gasteiger partial charge in [-0.05, 0) is 59.0 Å². The van der Waals surface area contributed by atoms with Crippen LogP contribution in [0.15, 0.2) is 29.0 Å². The Hall–Kier alpha value is -2.23. The molecule has 3 aromatic rings. The van der Waals surface area contributed by atoms with Crippen molar-refractivity contribution in [3.63, 3.8) is 0 Å². The van der Waals surface area contributed by atoms with Gasteiger partial charge in [0.2, 0.25) is 11.9 Å². The van der Waals surface area contributed by atoms with E-state index in [9.17, 15) is 9.90 Å². The van der Waals surface area contributed by atoms with Gasteiger partial charge in [0.05, 0.1) is 17.7 Å². The number of benzene rings is 1. The minimum absolute atomic E-state index is 0.0178. The van der Waals surface area contributed by atoms with E-state index in [1.54, 1.807) is 30.1 Å². The van der Waals surface area contributed by atoms with Gasteiger partial charge in [0.25, 0.3) is 0 Å². The number of aliphatic hydroxyl groups excluding tert-OH is 1. The number of aliphatic hydroxyl groups is 1. The van der Waals surface area contributed by atoms with Crippen molar-refractivity contribution >= 4 is 50.4 Å². The molecule has 1 aliphatic rings. The number of fused-ring (bicyclic) bond motifs is 1. The summed E-state index contributed by atoms with van der Waals surface area (Å²) in [5, 5.41) is 21.3. The molecule has 29 heavy (non-hydrogen) atoms. The van der Waals surface area contributed by atoms with Gasteiger partial charge in [0.15, 0.2) is 5.65 Å². The van der Waals surface area contributed by atoms with Gasteiger partial charge in [-0.25, -0.2) is 9.67 Å². The highest BCUT2D eigenvalue weighted by Crippen LogP contribution is 2.30. The van der Waals surface area contributed by atoms with Crippen molar-refractivity contribution in [2.24, 2.45) is 5.92 Å². The number of nitrogens with one attached hydrogen (secondary N) is 2. The van der Waals surface area contributed by atoms with E-state index in [-0.39, 0.29) is 24.5 Å². The lowest BCUT2D eigenvalue weighted by Crippen LogP contribution is -2.27. The van der Waals surface area contributed by atoms with Crippen LogP contribution in [0.2, 0.25) is 5.02 Å². The summed E-state index contributed by atoms with van der Waals surface area (Å²) in [5.74, 6) is 0.579. The van der Waals surface area contributed by atoms with Crippen molar-refractivity contribution in [2.75, 3.05) is 12.4 Å². The molecule has 1 saturated carbocycles. The van der Waals surface area contributed by atoms with Crippen LogP contribution in [-0.4, -0.2) is 43.9 Å². The first kappa shape index (κ1) is 20.1. The van der Waals surface area contributed by atoms with E-state index in [0.717, 1.165) is 24.6 Å². The number of halogens is 2. The van der Waals surface area contributed by atoms with Gasteiger partial charge in [0, 0.05) is 30.2 Å². The second-order valence-corrected chi connectivity index (χ2v) is 8.26. The number of carbonyl (C=O) groups excluding carboxylic acids is 1. The first-order valence-corrected chi connectivity index (χ1v) is 10.5. The maximum atomic E-state index is 11.9. The zero-order chi connectivity index (χ0) is 20.5. The highest BCUT2D eigenvalue weighted by molar-refractivity contribution is 9.10. The van der Waals surface area contributed by atoms with Crippen LogP contribution in [0.25, 0.3) is 16.7 Å². The molecule has 2 heterocycles. The van der Waals surface area contributed by atoms with E-state index >= 15 is 0 Å². The largest absolute Gasteiger partial charge is 0.392 e. The molecule has 0 radical (unpaired) electrons. The van der Waals surface area contributed by atoms with Crippen LogP contribution in [-0.2, 0) is 11.4 Å². The van der Waals surface area contributed by atoms with Crippen LogP contribution in [0, 0.1) is 5.92 Å². The molecule has 1 fully saturated rings. The predicted octanol–water partition coefficient (Wildman–Crippen LogP) is 3.05. The summed E-state index contributed by atoms with van der Waals surface area (Å²) in [7, 11) is 1.66. The van der Waals surface area contributed by atoms with Crippen molar-refractivity contribution < 1.29 is 9.90 Å². The summed E-state index contributed by atoms with van der Waals surface area (Å²) in [6, 6.07) is 5.42. The van der Waals surface area contributed by atoms with Crippen LogP contribution in [0.1, 0.15) is 24.8 Å². The number of rotatable bonds is 5. The minimum atomic E-state index is -0.121. The van der Waals surface area contributed by atoms with Crippen molar-refractivity contribution in [1.82, 2.24) is 25.1 Å². The Morgan fingerprint density at radius 3 is 2.97 bits per heavy atom. The maximum absolute atomic E-state index is 11.9. The Labute approximate surface area is 180 Å². The lowest BCUT2D eigenvalue weighted by molar-refractivity contribution is -0.124. The summed E-state index contributed by atoms with van der Waals surface area (Å²) >= 11 is 9.65. The van der Waals surface area contributed by atoms with Crippen molar-refractivity contribution in [2.45, 2.75) is 31.9 Å². The average Bonchev–Trinajstić information content (AvgIpc) is 3.31. The summed E-state index contributed by atoms with van der Waals surface area (Å²) in [5.41, 5.74) is 2.00. The van der Waals surface area contributed by atoms with Crippen molar-refractivity contribution in [3.8, 4) is 5.69 Å². The summed E-state index contributed by atoms with van der Waals surface area (Å²) in [4.78, 5) is 20.9. The third-order valence-electron chi connectivity index (χ3n) is 5.13. The molecule has 8 nitrogen and oxygen atoms in total. The number of hydrogen-bond acceptors (Lipinski definition) is 6. The molecule has 2 aromatic heterocycles. The van der Waals surface area contributed by atoms with Gasteiger partial charge < -0.3 is 15.7 Å². The first-order chi connectivity index (χ1) is 14.0. The van der Waals surface area contributed by atoms with E-state index < -0.39 is 0 Å². The molecule has 10 heteroatoms. The highest BCUT2D eigenvalue weighted by atomic mass is 79.9. The molecule has 0 aliphatic heterocycles. The Morgan fingerprint density at radius 1 is 1.38 bits per heavy atom. The number of hydrogen-bond donors (Lipinski definition) is 3. The fourth-order valence-corrected chi connectivity index (χ4v) is 4.39. The van der Waals surface area contributed by atoms with E-state index in [2.05, 4.69) is 41.6 Å². The molecule has 0 spiro atoms. The number of anilines is 1. The molecule has 0 saturated heterocycles. The number of amides is 1. The second kappa shape index (κ2) is 8.25. The highest BCUT2D eigenvalue weighted by Gasteiger charge is 2.29. The normalized spacial score (nSPS) is 18.9. The average molecular weight is 480 g/mol. The van der Waals surface area contributed by atoms with Crippen LogP contribution >= 0.6 is 27.5 Å². The van der Waals surface area contributed by atoms with Gasteiger partial charge in [-0.15, -0.1) is 0 Å². The SMILES string of the molecule is CNC(=O)[C@@H]1CC[C@@H](Nc2ncc3c(Br)nn(-c4cc(Cl)cc(CO)c4)c3n2)C1. The Kier molecular flexibility index (Phi) is 5.71. The molecule has 3 N–H and O–H groups in total. The van der Waals surface area contributed by atoms with Gasteiger partial charge in [-0.1, -0.05) is 11.6 Å². The smallest absolute Gasteiger partial charge is 0.224 e. The van der Waals surface area contributed by atoms with Crippen molar-refractivity contribution in [1.29, 1.82) is 0 Å². The van der Waals surface area contributed by atoms with Crippen molar-refractivity contribution in [3.05, 3.63) is 39.6 Å². The first-order valence-electron chi connectivity index (χ1n) is 9.28. The monoisotopic (exact) mass is 478 g/mol. The van der Waals surface area contributed by atoms with Gasteiger partial charge in [0.1, 0.15) is 4.60 Å². The zero-order valence-electron chi connectivity index (χ0n) is 15.7. The maximum Gasteiger partial charge on any atom is 0.224 e. The van der Waals surface area contributed by atoms with E-state index in [1.165, 1.54) is 0 Å². The molecule has 152 valence electrons. The molecule has 1 aliphatic carbocycles. The molecular weight excluding hydrogens is 460 g/mol. The molecule has 2 atom stereocenters. The van der Waals surface area contributed by atoms with E-state index in [1.807, 2.05) is 6.07 Å². The third kappa shape index (κ3) is 4.08. The Bertz CT molecular complexity index is 1070. The molecule has 1 amide bonds. The predicted molar refractivity (Wildman–Crippen MR) is 114 cm³/mol. The lowest BCUT2D eigenvalue weighted by atomic mass is 10.1. The van der Waals surface area contributed by atoms with Crippen LogP contribution in [0.4, 0.5) is 5.95 Å². The standard InChI is InChI=1S/C19H20BrClN6O2/c1-22-18(29)11-2-3-13(6-11)24-19-23-8-15-16(20)26-27(17(15)25-19)14-5-10(9-28)4-12(21)7-14/h4-5,7-8,11,13,28H,2-3,6,9H2,1H3,(H,22,29)(H,23,24,25)/t11-,13-/m1/s1. The van der Waals surface area contributed by atoms with Crippen LogP contribution < -0.4 is 10.6 Å². The minimum Gasteiger partial charge on any atom is -0.392 e. The molecule has 0 unspecified atom stereocenters. The van der Waals surface area contributed by atoms with Gasteiger partial charge in [-0.2, -0.15) is 10.1 Å². The van der Waals surface area contributed by atoms with E-state index in [4.69, 9.17) is 11.6 Å². The number of carbonyl (C=O) groups is 1.